The molecular formula is C15H21NO. The molecule has 1 aromatic rings. The number of ether oxygens (including phenoxy) is 1. The van der Waals surface area contributed by atoms with E-state index in [0.29, 0.717) is 0 Å². The Morgan fingerprint density at radius 3 is 2.71 bits per heavy atom. The van der Waals surface area contributed by atoms with E-state index in [9.17, 15) is 0 Å². The van der Waals surface area contributed by atoms with Crippen LogP contribution < -0.4 is 4.74 Å². The van der Waals surface area contributed by atoms with Gasteiger partial charge in [-0.1, -0.05) is 31.2 Å². The van der Waals surface area contributed by atoms with E-state index in [4.69, 9.17) is 4.74 Å². The van der Waals surface area contributed by atoms with Gasteiger partial charge in [0.1, 0.15) is 5.75 Å². The van der Waals surface area contributed by atoms with Crippen LogP contribution in [0.2, 0.25) is 0 Å². The SMILES string of the molecule is CCC1C=CCN(Cc2ccc(OC)cc2)C1. The summed E-state index contributed by atoms with van der Waals surface area (Å²) in [4.78, 5) is 2.50. The lowest BCUT2D eigenvalue weighted by molar-refractivity contribution is 0.248. The first-order valence-electron chi connectivity index (χ1n) is 6.33. The highest BCUT2D eigenvalue weighted by Crippen LogP contribution is 2.17. The third-order valence-corrected chi connectivity index (χ3v) is 3.35. The van der Waals surface area contributed by atoms with Crippen LogP contribution in [0.4, 0.5) is 0 Å². The van der Waals surface area contributed by atoms with Crippen molar-refractivity contribution in [2.45, 2.75) is 19.9 Å². The minimum atomic E-state index is 0.724. The largest absolute Gasteiger partial charge is 0.497 e. The van der Waals surface area contributed by atoms with Crippen molar-refractivity contribution in [3.63, 3.8) is 0 Å². The molecule has 1 heterocycles. The topological polar surface area (TPSA) is 12.5 Å². The van der Waals surface area contributed by atoms with Gasteiger partial charge in [-0.05, 0) is 30.0 Å². The van der Waals surface area contributed by atoms with Gasteiger partial charge in [0.25, 0.3) is 0 Å². The molecule has 0 saturated heterocycles. The summed E-state index contributed by atoms with van der Waals surface area (Å²) in [7, 11) is 1.70. The van der Waals surface area contributed by atoms with Gasteiger partial charge in [-0.2, -0.15) is 0 Å². The molecule has 0 saturated carbocycles. The molecule has 0 fully saturated rings. The number of hydrogen-bond donors (Lipinski definition) is 0. The summed E-state index contributed by atoms with van der Waals surface area (Å²) in [5.74, 6) is 1.65. The highest BCUT2D eigenvalue weighted by molar-refractivity contribution is 5.27. The van der Waals surface area contributed by atoms with Crippen LogP contribution in [-0.4, -0.2) is 25.1 Å². The van der Waals surface area contributed by atoms with E-state index in [1.54, 1.807) is 7.11 Å². The molecule has 2 rings (SSSR count). The maximum atomic E-state index is 5.17. The molecule has 17 heavy (non-hydrogen) atoms. The van der Waals surface area contributed by atoms with Crippen LogP contribution in [0, 0.1) is 5.92 Å². The van der Waals surface area contributed by atoms with E-state index in [-0.39, 0.29) is 0 Å². The highest BCUT2D eigenvalue weighted by Gasteiger charge is 2.13. The van der Waals surface area contributed by atoms with Gasteiger partial charge in [0, 0.05) is 19.6 Å². The number of nitrogens with zero attached hydrogens (tertiary/aromatic N) is 1. The molecule has 1 unspecified atom stereocenters. The lowest BCUT2D eigenvalue weighted by Gasteiger charge is -2.28. The fourth-order valence-electron chi connectivity index (χ4n) is 2.25. The molecule has 1 aliphatic rings. The van der Waals surface area contributed by atoms with E-state index in [1.807, 2.05) is 12.1 Å². The second kappa shape index (κ2) is 5.87. The quantitative estimate of drug-likeness (QED) is 0.738. The van der Waals surface area contributed by atoms with Crippen molar-refractivity contribution < 1.29 is 4.74 Å². The van der Waals surface area contributed by atoms with Crippen molar-refractivity contribution in [2.24, 2.45) is 5.92 Å². The third kappa shape index (κ3) is 3.34. The fraction of sp³-hybridized carbons (Fsp3) is 0.467. The van der Waals surface area contributed by atoms with Gasteiger partial charge in [-0.3, -0.25) is 4.90 Å². The van der Waals surface area contributed by atoms with E-state index >= 15 is 0 Å². The zero-order valence-electron chi connectivity index (χ0n) is 10.7. The number of benzene rings is 1. The average molecular weight is 231 g/mol. The van der Waals surface area contributed by atoms with Gasteiger partial charge in [0.05, 0.1) is 7.11 Å². The zero-order valence-corrected chi connectivity index (χ0v) is 10.7. The van der Waals surface area contributed by atoms with Crippen LogP contribution in [-0.2, 0) is 6.54 Å². The lowest BCUT2D eigenvalue weighted by Crippen LogP contribution is -2.31. The molecule has 0 aromatic heterocycles. The molecular weight excluding hydrogens is 210 g/mol. The summed E-state index contributed by atoms with van der Waals surface area (Å²) < 4.78 is 5.17. The zero-order chi connectivity index (χ0) is 12.1. The average Bonchev–Trinajstić information content (AvgIpc) is 2.40. The van der Waals surface area contributed by atoms with Gasteiger partial charge >= 0.3 is 0 Å². The summed E-state index contributed by atoms with van der Waals surface area (Å²) in [6.07, 6.45) is 5.88. The monoisotopic (exact) mass is 231 g/mol. The minimum Gasteiger partial charge on any atom is -0.497 e. The first-order chi connectivity index (χ1) is 8.31. The summed E-state index contributed by atoms with van der Waals surface area (Å²) in [6.45, 7) is 5.54. The molecule has 1 aliphatic heterocycles. The standard InChI is InChI=1S/C15H21NO/c1-3-13-5-4-10-16(11-13)12-14-6-8-15(17-2)9-7-14/h4-9,13H,3,10-12H2,1-2H3. The molecule has 1 aromatic carbocycles. The van der Waals surface area contributed by atoms with Crippen molar-refractivity contribution in [1.29, 1.82) is 0 Å². The van der Waals surface area contributed by atoms with Gasteiger partial charge in [0.15, 0.2) is 0 Å². The second-order valence-corrected chi connectivity index (χ2v) is 4.64. The van der Waals surface area contributed by atoms with Crippen molar-refractivity contribution in [3.05, 3.63) is 42.0 Å². The molecule has 0 bridgehead atoms. The second-order valence-electron chi connectivity index (χ2n) is 4.64. The molecule has 0 aliphatic carbocycles. The summed E-state index contributed by atoms with van der Waals surface area (Å²) in [6, 6.07) is 8.37. The summed E-state index contributed by atoms with van der Waals surface area (Å²) in [5.41, 5.74) is 1.36. The maximum Gasteiger partial charge on any atom is 0.118 e. The Balaban J connectivity index is 1.94. The number of hydrogen-bond acceptors (Lipinski definition) is 2. The molecule has 1 atom stereocenters. The smallest absolute Gasteiger partial charge is 0.118 e. The minimum absolute atomic E-state index is 0.724. The van der Waals surface area contributed by atoms with Crippen LogP contribution in [0.3, 0.4) is 0 Å². The molecule has 0 N–H and O–H groups in total. The van der Waals surface area contributed by atoms with Crippen LogP contribution in [0.25, 0.3) is 0 Å². The van der Waals surface area contributed by atoms with E-state index in [1.165, 1.54) is 18.5 Å². The molecule has 0 spiro atoms. The van der Waals surface area contributed by atoms with E-state index in [2.05, 4.69) is 36.1 Å². The Morgan fingerprint density at radius 2 is 2.06 bits per heavy atom. The lowest BCUT2D eigenvalue weighted by atomic mass is 10.0. The Bertz CT molecular complexity index is 369. The van der Waals surface area contributed by atoms with Crippen molar-refractivity contribution >= 4 is 0 Å². The predicted octanol–water partition coefficient (Wildman–Crippen LogP) is 3.09. The van der Waals surface area contributed by atoms with Gasteiger partial charge < -0.3 is 4.74 Å². The predicted molar refractivity (Wildman–Crippen MR) is 71.2 cm³/mol. The molecule has 2 nitrogen and oxygen atoms in total. The van der Waals surface area contributed by atoms with Crippen molar-refractivity contribution in [2.75, 3.05) is 20.2 Å². The van der Waals surface area contributed by atoms with E-state index < -0.39 is 0 Å². The molecule has 92 valence electrons. The Kier molecular flexibility index (Phi) is 4.21. The maximum absolute atomic E-state index is 5.17. The molecule has 2 heteroatoms. The first-order valence-corrected chi connectivity index (χ1v) is 6.33. The fourth-order valence-corrected chi connectivity index (χ4v) is 2.25. The Morgan fingerprint density at radius 1 is 1.29 bits per heavy atom. The van der Waals surface area contributed by atoms with Crippen LogP contribution in [0.5, 0.6) is 5.75 Å². The number of rotatable bonds is 4. The third-order valence-electron chi connectivity index (χ3n) is 3.35. The van der Waals surface area contributed by atoms with Crippen LogP contribution in [0.15, 0.2) is 36.4 Å². The number of methoxy groups -OCH3 is 1. The highest BCUT2D eigenvalue weighted by atomic mass is 16.5. The molecule has 0 amide bonds. The summed E-state index contributed by atoms with van der Waals surface area (Å²) in [5, 5.41) is 0. The molecule has 0 radical (unpaired) electrons. The normalized spacial score (nSPS) is 20.5. The Hall–Kier alpha value is -1.28. The van der Waals surface area contributed by atoms with E-state index in [0.717, 1.165) is 24.8 Å². The van der Waals surface area contributed by atoms with Gasteiger partial charge in [-0.25, -0.2) is 0 Å². The van der Waals surface area contributed by atoms with Crippen LogP contribution in [0.1, 0.15) is 18.9 Å². The van der Waals surface area contributed by atoms with Gasteiger partial charge in [-0.15, -0.1) is 0 Å². The Labute approximate surface area is 104 Å². The van der Waals surface area contributed by atoms with Gasteiger partial charge in [0.2, 0.25) is 0 Å². The van der Waals surface area contributed by atoms with Crippen molar-refractivity contribution in [1.82, 2.24) is 4.90 Å². The van der Waals surface area contributed by atoms with Crippen LogP contribution >= 0.6 is 0 Å². The summed E-state index contributed by atoms with van der Waals surface area (Å²) >= 11 is 0. The first kappa shape index (κ1) is 12.2. The van der Waals surface area contributed by atoms with Crippen molar-refractivity contribution in [3.8, 4) is 5.75 Å².